The monoisotopic (exact) mass is 248 g/mol. The van der Waals surface area contributed by atoms with Crippen LogP contribution in [0.2, 0.25) is 0 Å². The van der Waals surface area contributed by atoms with E-state index in [-0.39, 0.29) is 0 Å². The Hall–Kier alpha value is -1.42. The van der Waals surface area contributed by atoms with Crippen LogP contribution in [0.25, 0.3) is 0 Å². The Morgan fingerprint density at radius 1 is 1.35 bits per heavy atom. The fourth-order valence-electron chi connectivity index (χ4n) is 1.48. The topological polar surface area (TPSA) is 35.0 Å². The van der Waals surface area contributed by atoms with Gasteiger partial charge in [-0.1, -0.05) is 19.9 Å². The summed E-state index contributed by atoms with van der Waals surface area (Å²) in [5.74, 6) is 1.14. The van der Waals surface area contributed by atoms with Gasteiger partial charge < -0.3 is 4.74 Å². The average Bonchev–Trinajstić information content (AvgIpc) is 2.79. The maximum absolute atomic E-state index is 5.03. The van der Waals surface area contributed by atoms with Crippen molar-refractivity contribution >= 4 is 11.3 Å². The second kappa shape index (κ2) is 5.27. The van der Waals surface area contributed by atoms with Gasteiger partial charge >= 0.3 is 0 Å². The Labute approximate surface area is 106 Å². The number of aromatic nitrogens is 2. The van der Waals surface area contributed by atoms with Crippen LogP contribution in [-0.2, 0) is 6.42 Å². The molecule has 0 spiro atoms. The van der Waals surface area contributed by atoms with Gasteiger partial charge in [0.1, 0.15) is 0 Å². The number of methoxy groups -OCH3 is 1. The van der Waals surface area contributed by atoms with E-state index in [1.807, 2.05) is 18.3 Å². The number of rotatable bonds is 4. The minimum Gasteiger partial charge on any atom is -0.481 e. The van der Waals surface area contributed by atoms with Gasteiger partial charge in [-0.25, -0.2) is 9.97 Å². The van der Waals surface area contributed by atoms with E-state index >= 15 is 0 Å². The van der Waals surface area contributed by atoms with E-state index in [2.05, 4.69) is 29.2 Å². The van der Waals surface area contributed by atoms with Crippen LogP contribution >= 0.6 is 11.3 Å². The number of nitrogens with zero attached hydrogens (tertiary/aromatic N) is 2. The second-order valence-electron chi connectivity index (χ2n) is 4.21. The molecule has 0 bridgehead atoms. The third-order valence-electron chi connectivity index (χ3n) is 2.52. The molecular weight excluding hydrogens is 232 g/mol. The molecule has 17 heavy (non-hydrogen) atoms. The number of hydrogen-bond donors (Lipinski definition) is 0. The minimum atomic E-state index is 0.494. The van der Waals surface area contributed by atoms with E-state index in [4.69, 9.17) is 4.74 Å². The van der Waals surface area contributed by atoms with Crippen molar-refractivity contribution in [1.29, 1.82) is 0 Å². The highest BCUT2D eigenvalue weighted by Gasteiger charge is 2.06. The lowest BCUT2D eigenvalue weighted by atomic mass is 10.1. The first-order chi connectivity index (χ1) is 8.19. The molecule has 0 radical (unpaired) electrons. The fourth-order valence-corrected chi connectivity index (χ4v) is 2.47. The summed E-state index contributed by atoms with van der Waals surface area (Å²) in [6.07, 6.45) is 2.68. The minimum absolute atomic E-state index is 0.494. The molecule has 0 saturated carbocycles. The molecule has 0 atom stereocenters. The third kappa shape index (κ3) is 3.03. The SMILES string of the molecule is COc1ccc(Cc2nc(C(C)C)cs2)cn1. The summed E-state index contributed by atoms with van der Waals surface area (Å²) in [6, 6.07) is 3.91. The molecule has 2 heterocycles. The summed E-state index contributed by atoms with van der Waals surface area (Å²) in [6.45, 7) is 4.32. The molecule has 0 fully saturated rings. The lowest BCUT2D eigenvalue weighted by molar-refractivity contribution is 0.397. The van der Waals surface area contributed by atoms with E-state index < -0.39 is 0 Å². The van der Waals surface area contributed by atoms with Crippen LogP contribution < -0.4 is 4.74 Å². The van der Waals surface area contributed by atoms with Crippen molar-refractivity contribution in [1.82, 2.24) is 9.97 Å². The van der Waals surface area contributed by atoms with Crippen molar-refractivity contribution in [3.8, 4) is 5.88 Å². The van der Waals surface area contributed by atoms with Gasteiger partial charge in [0.05, 0.1) is 17.8 Å². The van der Waals surface area contributed by atoms with Gasteiger partial charge in [-0.15, -0.1) is 11.3 Å². The summed E-state index contributed by atoms with van der Waals surface area (Å²) in [5, 5.41) is 3.28. The first kappa shape index (κ1) is 12.0. The second-order valence-corrected chi connectivity index (χ2v) is 5.15. The Bertz CT molecular complexity index is 476. The standard InChI is InChI=1S/C13H16N2OS/c1-9(2)11-8-17-13(15-11)6-10-4-5-12(16-3)14-7-10/h4-5,7-9H,6H2,1-3H3. The summed E-state index contributed by atoms with van der Waals surface area (Å²) >= 11 is 1.71. The molecule has 90 valence electrons. The zero-order valence-corrected chi connectivity index (χ0v) is 11.1. The molecule has 0 N–H and O–H groups in total. The highest BCUT2D eigenvalue weighted by atomic mass is 32.1. The molecule has 3 nitrogen and oxygen atoms in total. The number of hydrogen-bond acceptors (Lipinski definition) is 4. The van der Waals surface area contributed by atoms with Crippen LogP contribution in [0.4, 0.5) is 0 Å². The van der Waals surface area contributed by atoms with Gasteiger partial charge in [0.25, 0.3) is 0 Å². The molecular formula is C13H16N2OS. The fraction of sp³-hybridized carbons (Fsp3) is 0.385. The van der Waals surface area contributed by atoms with Gasteiger partial charge in [-0.05, 0) is 11.5 Å². The first-order valence-corrected chi connectivity index (χ1v) is 6.50. The quantitative estimate of drug-likeness (QED) is 0.833. The normalized spacial score (nSPS) is 10.8. The number of pyridine rings is 1. The van der Waals surface area contributed by atoms with Crippen molar-refractivity contribution in [3.05, 3.63) is 40.0 Å². The zero-order chi connectivity index (χ0) is 12.3. The van der Waals surface area contributed by atoms with Gasteiger partial charge in [0.15, 0.2) is 0 Å². The van der Waals surface area contributed by atoms with Gasteiger partial charge in [0.2, 0.25) is 5.88 Å². The number of thiazole rings is 1. The molecule has 0 aromatic carbocycles. The zero-order valence-electron chi connectivity index (χ0n) is 10.3. The molecule has 0 amide bonds. The third-order valence-corrected chi connectivity index (χ3v) is 3.39. The molecule has 0 aliphatic heterocycles. The van der Waals surface area contributed by atoms with E-state index in [1.165, 1.54) is 5.69 Å². The van der Waals surface area contributed by atoms with Gasteiger partial charge in [-0.3, -0.25) is 0 Å². The maximum Gasteiger partial charge on any atom is 0.212 e. The van der Waals surface area contributed by atoms with E-state index in [0.717, 1.165) is 17.0 Å². The van der Waals surface area contributed by atoms with Crippen LogP contribution in [-0.4, -0.2) is 17.1 Å². The van der Waals surface area contributed by atoms with Crippen LogP contribution in [0.3, 0.4) is 0 Å². The van der Waals surface area contributed by atoms with Crippen molar-refractivity contribution < 1.29 is 4.74 Å². The lowest BCUT2D eigenvalue weighted by Crippen LogP contribution is -1.93. The summed E-state index contributed by atoms with van der Waals surface area (Å²) in [4.78, 5) is 8.80. The Balaban J connectivity index is 2.08. The van der Waals surface area contributed by atoms with Crippen LogP contribution in [0.1, 0.15) is 36.0 Å². The van der Waals surface area contributed by atoms with Crippen molar-refractivity contribution in [2.45, 2.75) is 26.2 Å². The molecule has 0 unspecified atom stereocenters. The highest BCUT2D eigenvalue weighted by Crippen LogP contribution is 2.20. The molecule has 4 heteroatoms. The van der Waals surface area contributed by atoms with Crippen LogP contribution in [0.15, 0.2) is 23.7 Å². The van der Waals surface area contributed by atoms with Crippen molar-refractivity contribution in [3.63, 3.8) is 0 Å². The van der Waals surface area contributed by atoms with Crippen LogP contribution in [0, 0.1) is 0 Å². The first-order valence-electron chi connectivity index (χ1n) is 5.62. The molecule has 0 aliphatic carbocycles. The Morgan fingerprint density at radius 2 is 2.18 bits per heavy atom. The summed E-state index contributed by atoms with van der Waals surface area (Å²) < 4.78 is 5.03. The maximum atomic E-state index is 5.03. The smallest absolute Gasteiger partial charge is 0.212 e. The lowest BCUT2D eigenvalue weighted by Gasteiger charge is -2.01. The van der Waals surface area contributed by atoms with E-state index in [0.29, 0.717) is 11.8 Å². The van der Waals surface area contributed by atoms with Crippen molar-refractivity contribution in [2.75, 3.05) is 7.11 Å². The summed E-state index contributed by atoms with van der Waals surface area (Å²) in [5.41, 5.74) is 2.34. The number of ether oxygens (including phenoxy) is 1. The van der Waals surface area contributed by atoms with Crippen molar-refractivity contribution in [2.24, 2.45) is 0 Å². The average molecular weight is 248 g/mol. The molecule has 2 aromatic rings. The summed E-state index contributed by atoms with van der Waals surface area (Å²) in [7, 11) is 1.62. The van der Waals surface area contributed by atoms with Gasteiger partial charge in [-0.2, -0.15) is 0 Å². The predicted molar refractivity (Wildman–Crippen MR) is 69.8 cm³/mol. The van der Waals surface area contributed by atoms with Crippen LogP contribution in [0.5, 0.6) is 5.88 Å². The molecule has 0 saturated heterocycles. The van der Waals surface area contributed by atoms with E-state index in [1.54, 1.807) is 18.4 Å². The molecule has 0 aliphatic rings. The predicted octanol–water partition coefficient (Wildman–Crippen LogP) is 3.26. The molecule has 2 aromatic heterocycles. The van der Waals surface area contributed by atoms with E-state index in [9.17, 15) is 0 Å². The highest BCUT2D eigenvalue weighted by molar-refractivity contribution is 7.09. The largest absolute Gasteiger partial charge is 0.481 e. The van der Waals surface area contributed by atoms with Gasteiger partial charge in [0, 0.05) is 24.1 Å². The Morgan fingerprint density at radius 3 is 2.71 bits per heavy atom. The molecule has 2 rings (SSSR count). The Kier molecular flexibility index (Phi) is 3.74.